The van der Waals surface area contributed by atoms with Crippen LogP contribution in [0.15, 0.2) is 24.4 Å². The van der Waals surface area contributed by atoms with E-state index in [2.05, 4.69) is 10.3 Å². The molecule has 0 aliphatic carbocycles. The molecule has 1 amide bonds. The van der Waals surface area contributed by atoms with Gasteiger partial charge in [0.15, 0.2) is 0 Å². The Labute approximate surface area is 152 Å². The lowest BCUT2D eigenvalue weighted by Gasteiger charge is -2.32. The second-order valence-electron chi connectivity index (χ2n) is 7.14. The maximum atomic E-state index is 12.8. The predicted octanol–water partition coefficient (Wildman–Crippen LogP) is 1.61. The molecule has 2 aliphatic rings. The first kappa shape index (κ1) is 17.0. The number of carbonyl (C=O) groups is 1. The van der Waals surface area contributed by atoms with Gasteiger partial charge in [-0.15, -0.1) is 5.10 Å². The van der Waals surface area contributed by atoms with Gasteiger partial charge in [0.05, 0.1) is 11.7 Å². The van der Waals surface area contributed by atoms with E-state index in [0.29, 0.717) is 19.5 Å². The number of aromatic nitrogens is 3. The molecular formula is C19H24N4O3. The third-order valence-electron chi connectivity index (χ3n) is 5.19. The van der Waals surface area contributed by atoms with Crippen molar-refractivity contribution in [2.24, 2.45) is 0 Å². The molecule has 1 unspecified atom stereocenters. The molecule has 138 valence electrons. The Morgan fingerprint density at radius 2 is 2.15 bits per heavy atom. The van der Waals surface area contributed by atoms with Crippen LogP contribution in [0.2, 0.25) is 0 Å². The lowest BCUT2D eigenvalue weighted by Crippen LogP contribution is -2.39. The number of fused-ring (bicyclic) bond motifs is 1. The Morgan fingerprint density at radius 1 is 1.35 bits per heavy atom. The minimum atomic E-state index is 0.0796. The summed E-state index contributed by atoms with van der Waals surface area (Å²) in [5.41, 5.74) is 2.67. The lowest BCUT2D eigenvalue weighted by atomic mass is 10.0. The van der Waals surface area contributed by atoms with Crippen molar-refractivity contribution in [2.75, 3.05) is 19.7 Å². The van der Waals surface area contributed by atoms with E-state index in [-0.39, 0.29) is 24.7 Å². The number of piperidine rings is 1. The Balaban J connectivity index is 1.38. The molecule has 4 rings (SSSR count). The van der Waals surface area contributed by atoms with Crippen LogP contribution in [0.5, 0.6) is 5.75 Å². The van der Waals surface area contributed by atoms with E-state index in [1.165, 1.54) is 0 Å². The average molecular weight is 356 g/mol. The van der Waals surface area contributed by atoms with E-state index in [1.807, 2.05) is 40.9 Å². The zero-order valence-corrected chi connectivity index (χ0v) is 15.0. The molecule has 1 N–H and O–H groups in total. The molecule has 2 aliphatic heterocycles. The van der Waals surface area contributed by atoms with Crippen molar-refractivity contribution in [2.45, 2.75) is 44.8 Å². The van der Waals surface area contributed by atoms with Crippen LogP contribution in [0.4, 0.5) is 0 Å². The van der Waals surface area contributed by atoms with E-state index in [1.54, 1.807) is 0 Å². The van der Waals surface area contributed by atoms with Crippen molar-refractivity contribution < 1.29 is 14.6 Å². The summed E-state index contributed by atoms with van der Waals surface area (Å²) in [5, 5.41) is 17.2. The van der Waals surface area contributed by atoms with Gasteiger partial charge in [0, 0.05) is 44.3 Å². The van der Waals surface area contributed by atoms with Gasteiger partial charge in [0.1, 0.15) is 11.9 Å². The zero-order valence-electron chi connectivity index (χ0n) is 15.0. The van der Waals surface area contributed by atoms with Crippen molar-refractivity contribution in [3.05, 3.63) is 41.2 Å². The van der Waals surface area contributed by atoms with E-state index in [9.17, 15) is 4.79 Å². The van der Waals surface area contributed by atoms with Gasteiger partial charge >= 0.3 is 0 Å². The average Bonchev–Trinajstić information content (AvgIpc) is 3.26. The highest BCUT2D eigenvalue weighted by Gasteiger charge is 2.27. The van der Waals surface area contributed by atoms with Gasteiger partial charge in [-0.25, -0.2) is 4.68 Å². The molecule has 1 aromatic heterocycles. The number of benzene rings is 1. The molecule has 7 heteroatoms. The molecule has 1 aromatic carbocycles. The summed E-state index contributed by atoms with van der Waals surface area (Å²) in [5.74, 6) is 0.989. The van der Waals surface area contributed by atoms with Crippen molar-refractivity contribution >= 4 is 5.91 Å². The summed E-state index contributed by atoms with van der Waals surface area (Å²) in [4.78, 5) is 14.8. The summed E-state index contributed by atoms with van der Waals surface area (Å²) in [7, 11) is 0. The Hall–Kier alpha value is -2.41. The number of likely N-dealkylation sites (tertiary alicyclic amines) is 1. The highest BCUT2D eigenvalue weighted by atomic mass is 16.5. The fourth-order valence-electron chi connectivity index (χ4n) is 3.79. The smallest absolute Gasteiger partial charge is 0.253 e. The quantitative estimate of drug-likeness (QED) is 0.900. The highest BCUT2D eigenvalue weighted by Crippen LogP contribution is 2.30. The van der Waals surface area contributed by atoms with Crippen LogP contribution in [0.1, 0.15) is 47.4 Å². The molecule has 1 saturated heterocycles. The molecule has 0 spiro atoms. The van der Waals surface area contributed by atoms with Gasteiger partial charge in [0.2, 0.25) is 0 Å². The minimum Gasteiger partial charge on any atom is -0.490 e. The number of carbonyl (C=O) groups excluding carboxylic acids is 1. The third-order valence-corrected chi connectivity index (χ3v) is 5.19. The fourth-order valence-corrected chi connectivity index (χ4v) is 3.79. The molecule has 0 saturated carbocycles. The van der Waals surface area contributed by atoms with Gasteiger partial charge in [-0.1, -0.05) is 5.21 Å². The maximum absolute atomic E-state index is 12.8. The van der Waals surface area contributed by atoms with Crippen LogP contribution in [0, 0.1) is 0 Å². The van der Waals surface area contributed by atoms with E-state index >= 15 is 0 Å². The van der Waals surface area contributed by atoms with Crippen LogP contribution in [-0.2, 0) is 12.8 Å². The minimum absolute atomic E-state index is 0.0796. The van der Waals surface area contributed by atoms with E-state index < -0.39 is 0 Å². The van der Waals surface area contributed by atoms with Crippen LogP contribution in [-0.4, -0.2) is 56.7 Å². The molecule has 2 aromatic rings. The standard InChI is InChI=1S/C19H24N4O3/c1-13-10-15-11-14(2-3-18(15)26-13)19(25)22-7-4-17(5-8-22)23-12-16(6-9-24)20-21-23/h2-3,11-13,17,24H,4-10H2,1H3. The van der Waals surface area contributed by atoms with Crippen LogP contribution < -0.4 is 4.74 Å². The van der Waals surface area contributed by atoms with Crippen LogP contribution in [0.3, 0.4) is 0 Å². The van der Waals surface area contributed by atoms with Crippen LogP contribution in [0.25, 0.3) is 0 Å². The number of ether oxygens (including phenoxy) is 1. The largest absolute Gasteiger partial charge is 0.490 e. The second kappa shape index (κ2) is 7.07. The number of aliphatic hydroxyl groups excluding tert-OH is 1. The molecular weight excluding hydrogens is 332 g/mol. The SMILES string of the molecule is CC1Cc2cc(C(=O)N3CCC(n4cc(CCO)nn4)CC3)ccc2O1. The van der Waals surface area contributed by atoms with Crippen molar-refractivity contribution in [1.29, 1.82) is 0 Å². The molecule has 0 radical (unpaired) electrons. The van der Waals surface area contributed by atoms with Gasteiger partial charge < -0.3 is 14.7 Å². The zero-order chi connectivity index (χ0) is 18.1. The number of nitrogens with zero attached hydrogens (tertiary/aromatic N) is 4. The number of rotatable bonds is 4. The summed E-state index contributed by atoms with van der Waals surface area (Å²) < 4.78 is 7.59. The van der Waals surface area contributed by atoms with Gasteiger partial charge in [-0.05, 0) is 43.5 Å². The normalized spacial score (nSPS) is 20.1. The highest BCUT2D eigenvalue weighted by molar-refractivity contribution is 5.94. The number of hydrogen-bond acceptors (Lipinski definition) is 5. The summed E-state index contributed by atoms with van der Waals surface area (Å²) in [6.45, 7) is 3.55. The molecule has 3 heterocycles. The third kappa shape index (κ3) is 3.31. The molecule has 0 bridgehead atoms. The van der Waals surface area contributed by atoms with Crippen molar-refractivity contribution in [3.63, 3.8) is 0 Å². The first-order valence-corrected chi connectivity index (χ1v) is 9.24. The maximum Gasteiger partial charge on any atom is 0.253 e. The Morgan fingerprint density at radius 3 is 2.92 bits per heavy atom. The Bertz CT molecular complexity index is 796. The van der Waals surface area contributed by atoms with E-state index in [4.69, 9.17) is 9.84 Å². The molecule has 7 nitrogen and oxygen atoms in total. The monoisotopic (exact) mass is 356 g/mol. The Kier molecular flexibility index (Phi) is 4.63. The first-order chi connectivity index (χ1) is 12.6. The topological polar surface area (TPSA) is 80.5 Å². The number of aliphatic hydroxyl groups is 1. The van der Waals surface area contributed by atoms with E-state index in [0.717, 1.165) is 41.8 Å². The first-order valence-electron chi connectivity index (χ1n) is 9.24. The summed E-state index contributed by atoms with van der Waals surface area (Å²) in [6, 6.07) is 6.01. The van der Waals surface area contributed by atoms with Gasteiger partial charge in [-0.3, -0.25) is 4.79 Å². The summed E-state index contributed by atoms with van der Waals surface area (Å²) >= 11 is 0. The lowest BCUT2D eigenvalue weighted by molar-refractivity contribution is 0.0689. The number of hydrogen-bond donors (Lipinski definition) is 1. The predicted molar refractivity (Wildman–Crippen MR) is 95.2 cm³/mol. The fraction of sp³-hybridized carbons (Fsp3) is 0.526. The van der Waals surface area contributed by atoms with Crippen molar-refractivity contribution in [3.8, 4) is 5.75 Å². The van der Waals surface area contributed by atoms with Gasteiger partial charge in [-0.2, -0.15) is 0 Å². The summed E-state index contributed by atoms with van der Waals surface area (Å²) in [6.07, 6.45) is 5.20. The molecule has 26 heavy (non-hydrogen) atoms. The number of amides is 1. The molecule has 1 fully saturated rings. The van der Waals surface area contributed by atoms with Crippen molar-refractivity contribution in [1.82, 2.24) is 19.9 Å². The van der Waals surface area contributed by atoms with Gasteiger partial charge in [0.25, 0.3) is 5.91 Å². The second-order valence-corrected chi connectivity index (χ2v) is 7.14. The van der Waals surface area contributed by atoms with Crippen LogP contribution >= 0.6 is 0 Å². The molecule has 1 atom stereocenters.